The predicted molar refractivity (Wildman–Crippen MR) is 105 cm³/mol. The standard InChI is InChI=1S/C20H21N3OS/c1-20(2,3)16-11-9-14(10-12-16)13-21-23-19-22-18(24)17(25-19)15-7-5-4-6-8-15/h4-13,17H,1-3H3,(H,22,23,24)/b21-13+/t17-/m1/s1. The summed E-state index contributed by atoms with van der Waals surface area (Å²) in [5, 5.41) is 11.3. The molecule has 128 valence electrons. The highest BCUT2D eigenvalue weighted by Gasteiger charge is 2.31. The van der Waals surface area contributed by atoms with Crippen molar-refractivity contribution in [3.63, 3.8) is 0 Å². The second-order valence-electron chi connectivity index (χ2n) is 6.92. The number of hydrogen-bond donors (Lipinski definition) is 1. The van der Waals surface area contributed by atoms with E-state index in [2.05, 4.69) is 48.4 Å². The van der Waals surface area contributed by atoms with Gasteiger partial charge in [0.2, 0.25) is 5.91 Å². The molecule has 0 aliphatic carbocycles. The van der Waals surface area contributed by atoms with Crippen molar-refractivity contribution in [2.24, 2.45) is 10.2 Å². The van der Waals surface area contributed by atoms with E-state index in [0.717, 1.165) is 11.1 Å². The monoisotopic (exact) mass is 351 g/mol. The summed E-state index contributed by atoms with van der Waals surface area (Å²) < 4.78 is 0. The van der Waals surface area contributed by atoms with E-state index < -0.39 is 0 Å². The highest BCUT2D eigenvalue weighted by molar-refractivity contribution is 8.15. The average molecular weight is 351 g/mol. The molecular formula is C20H21N3OS. The summed E-state index contributed by atoms with van der Waals surface area (Å²) in [5.41, 5.74) is 3.36. The third kappa shape index (κ3) is 4.37. The fourth-order valence-electron chi connectivity index (χ4n) is 2.48. The van der Waals surface area contributed by atoms with Crippen molar-refractivity contribution in [2.45, 2.75) is 31.4 Å². The Morgan fingerprint density at radius 1 is 1.04 bits per heavy atom. The van der Waals surface area contributed by atoms with Crippen molar-refractivity contribution in [2.75, 3.05) is 0 Å². The van der Waals surface area contributed by atoms with Gasteiger partial charge in [-0.2, -0.15) is 5.10 Å². The van der Waals surface area contributed by atoms with E-state index in [1.165, 1.54) is 17.3 Å². The Kier molecular flexibility index (Phi) is 5.04. The summed E-state index contributed by atoms with van der Waals surface area (Å²) in [6, 6.07) is 17.9. The van der Waals surface area contributed by atoms with Crippen LogP contribution in [0.15, 0.2) is 64.8 Å². The SMILES string of the molecule is CC(C)(C)c1ccc(/C=N/N=C2/NC(=O)[C@@H](c3ccccc3)S2)cc1. The first-order valence-corrected chi connectivity index (χ1v) is 9.05. The van der Waals surface area contributed by atoms with Crippen LogP contribution in [0.5, 0.6) is 0 Å². The molecule has 1 aliphatic rings. The predicted octanol–water partition coefficient (Wildman–Crippen LogP) is 4.28. The second-order valence-corrected chi connectivity index (χ2v) is 8.01. The Morgan fingerprint density at radius 3 is 2.36 bits per heavy atom. The number of amides is 1. The van der Waals surface area contributed by atoms with Gasteiger partial charge in [0.1, 0.15) is 5.25 Å². The van der Waals surface area contributed by atoms with Gasteiger partial charge >= 0.3 is 0 Å². The van der Waals surface area contributed by atoms with Gasteiger partial charge in [0.25, 0.3) is 0 Å². The molecule has 0 spiro atoms. The number of carbonyl (C=O) groups excluding carboxylic acids is 1. The number of amidine groups is 1. The maximum absolute atomic E-state index is 12.1. The van der Waals surface area contributed by atoms with Gasteiger partial charge in [-0.3, -0.25) is 4.79 Å². The van der Waals surface area contributed by atoms with E-state index in [1.54, 1.807) is 6.21 Å². The van der Waals surface area contributed by atoms with E-state index in [4.69, 9.17) is 0 Å². The first kappa shape index (κ1) is 17.4. The summed E-state index contributed by atoms with van der Waals surface area (Å²) in [5.74, 6) is -0.0559. The van der Waals surface area contributed by atoms with Crippen LogP contribution in [0.25, 0.3) is 0 Å². The van der Waals surface area contributed by atoms with Crippen LogP contribution < -0.4 is 5.32 Å². The minimum Gasteiger partial charge on any atom is -0.302 e. The minimum atomic E-state index is -0.263. The minimum absolute atomic E-state index is 0.0559. The van der Waals surface area contributed by atoms with Crippen LogP contribution in [-0.2, 0) is 10.2 Å². The molecule has 5 heteroatoms. The fraction of sp³-hybridized carbons (Fsp3) is 0.250. The van der Waals surface area contributed by atoms with Crippen LogP contribution in [0.2, 0.25) is 0 Å². The van der Waals surface area contributed by atoms with Crippen molar-refractivity contribution in [3.8, 4) is 0 Å². The summed E-state index contributed by atoms with van der Waals surface area (Å²) >= 11 is 1.39. The molecule has 1 atom stereocenters. The molecule has 4 nitrogen and oxygen atoms in total. The van der Waals surface area contributed by atoms with E-state index in [9.17, 15) is 4.79 Å². The summed E-state index contributed by atoms with van der Waals surface area (Å²) in [7, 11) is 0. The third-order valence-corrected chi connectivity index (χ3v) is 5.06. The van der Waals surface area contributed by atoms with Crippen molar-refractivity contribution in [3.05, 3.63) is 71.3 Å². The Morgan fingerprint density at radius 2 is 1.72 bits per heavy atom. The van der Waals surface area contributed by atoms with Crippen molar-refractivity contribution < 1.29 is 4.79 Å². The second kappa shape index (κ2) is 7.23. The molecule has 3 rings (SSSR count). The normalized spacial score (nSPS) is 19.6. The molecule has 1 heterocycles. The molecule has 25 heavy (non-hydrogen) atoms. The lowest BCUT2D eigenvalue weighted by Gasteiger charge is -2.18. The highest BCUT2D eigenvalue weighted by Crippen LogP contribution is 2.34. The molecular weight excluding hydrogens is 330 g/mol. The molecule has 0 bridgehead atoms. The Balaban J connectivity index is 1.66. The average Bonchev–Trinajstić information content (AvgIpc) is 2.96. The zero-order valence-corrected chi connectivity index (χ0v) is 15.4. The van der Waals surface area contributed by atoms with E-state index >= 15 is 0 Å². The van der Waals surface area contributed by atoms with Crippen LogP contribution in [0.1, 0.15) is 42.7 Å². The first-order chi connectivity index (χ1) is 11.9. The Bertz CT molecular complexity index is 805. The molecule has 2 aromatic rings. The van der Waals surface area contributed by atoms with Gasteiger partial charge in [0.05, 0.1) is 6.21 Å². The van der Waals surface area contributed by atoms with E-state index in [-0.39, 0.29) is 16.6 Å². The lowest BCUT2D eigenvalue weighted by atomic mass is 9.87. The van der Waals surface area contributed by atoms with Crippen LogP contribution >= 0.6 is 11.8 Å². The molecule has 1 fully saturated rings. The summed E-state index contributed by atoms with van der Waals surface area (Å²) in [4.78, 5) is 12.1. The Hall–Kier alpha value is -2.40. The van der Waals surface area contributed by atoms with Gasteiger partial charge in [0, 0.05) is 0 Å². The van der Waals surface area contributed by atoms with Crippen LogP contribution in [0.4, 0.5) is 0 Å². The van der Waals surface area contributed by atoms with Gasteiger partial charge < -0.3 is 5.32 Å². The lowest BCUT2D eigenvalue weighted by Crippen LogP contribution is -2.21. The van der Waals surface area contributed by atoms with Crippen LogP contribution in [0.3, 0.4) is 0 Å². The van der Waals surface area contributed by atoms with Crippen LogP contribution in [-0.4, -0.2) is 17.3 Å². The fourth-order valence-corrected chi connectivity index (χ4v) is 3.41. The molecule has 1 saturated heterocycles. The molecule has 1 amide bonds. The third-order valence-electron chi connectivity index (χ3n) is 3.93. The number of nitrogens with zero attached hydrogens (tertiary/aromatic N) is 2. The molecule has 1 aliphatic heterocycles. The van der Waals surface area contributed by atoms with Crippen molar-refractivity contribution in [1.29, 1.82) is 0 Å². The lowest BCUT2D eigenvalue weighted by molar-refractivity contribution is -0.118. The topological polar surface area (TPSA) is 53.8 Å². The number of nitrogens with one attached hydrogen (secondary N) is 1. The van der Waals surface area contributed by atoms with Gasteiger partial charge in [-0.25, -0.2) is 0 Å². The van der Waals surface area contributed by atoms with Gasteiger partial charge in [-0.1, -0.05) is 87.1 Å². The quantitative estimate of drug-likeness (QED) is 0.663. The first-order valence-electron chi connectivity index (χ1n) is 8.17. The van der Waals surface area contributed by atoms with Gasteiger partial charge in [0.15, 0.2) is 5.17 Å². The summed E-state index contributed by atoms with van der Waals surface area (Å²) in [6.07, 6.45) is 1.70. The molecule has 1 N–H and O–H groups in total. The highest BCUT2D eigenvalue weighted by atomic mass is 32.2. The number of benzene rings is 2. The molecule has 0 aromatic heterocycles. The Labute approximate surface area is 152 Å². The maximum atomic E-state index is 12.1. The van der Waals surface area contributed by atoms with Crippen molar-refractivity contribution >= 4 is 29.1 Å². The number of carbonyl (C=O) groups is 1. The van der Waals surface area contributed by atoms with Gasteiger partial charge in [-0.05, 0) is 22.1 Å². The molecule has 0 saturated carbocycles. The number of hydrogen-bond acceptors (Lipinski definition) is 4. The molecule has 0 unspecified atom stereocenters. The molecule has 2 aromatic carbocycles. The maximum Gasteiger partial charge on any atom is 0.244 e. The van der Waals surface area contributed by atoms with Gasteiger partial charge in [-0.15, -0.1) is 5.10 Å². The van der Waals surface area contributed by atoms with Crippen LogP contribution in [0, 0.1) is 0 Å². The molecule has 0 radical (unpaired) electrons. The summed E-state index contributed by atoms with van der Waals surface area (Å²) in [6.45, 7) is 6.56. The van der Waals surface area contributed by atoms with E-state index in [0.29, 0.717) is 5.17 Å². The number of thioether (sulfide) groups is 1. The largest absolute Gasteiger partial charge is 0.302 e. The van der Waals surface area contributed by atoms with E-state index in [1.807, 2.05) is 42.5 Å². The smallest absolute Gasteiger partial charge is 0.244 e. The number of rotatable bonds is 3. The zero-order chi connectivity index (χ0) is 17.9. The van der Waals surface area contributed by atoms with Crippen molar-refractivity contribution in [1.82, 2.24) is 5.32 Å². The zero-order valence-electron chi connectivity index (χ0n) is 14.6.